The molecule has 1 aliphatic heterocycles. The Kier molecular flexibility index (Phi) is 5.43. The van der Waals surface area contributed by atoms with Gasteiger partial charge in [-0.2, -0.15) is 0 Å². The number of carbonyl (C=O) groups excluding carboxylic acids is 1. The van der Waals surface area contributed by atoms with Gasteiger partial charge >= 0.3 is 0 Å². The first-order valence-corrected chi connectivity index (χ1v) is 8.46. The van der Waals surface area contributed by atoms with E-state index in [0.29, 0.717) is 0 Å². The molecule has 2 aromatic carbocycles. The van der Waals surface area contributed by atoms with Crippen molar-refractivity contribution >= 4 is 11.6 Å². The minimum atomic E-state index is 0.108. The molecule has 1 unspecified atom stereocenters. The number of carbonyl (C=O) groups is 1. The van der Waals surface area contributed by atoms with Gasteiger partial charge in [-0.15, -0.1) is 0 Å². The van der Waals surface area contributed by atoms with Gasteiger partial charge in [0.15, 0.2) is 0 Å². The fraction of sp³-hybridized carbons (Fsp3) is 0.350. The molecular weight excluding hydrogens is 284 g/mol. The van der Waals surface area contributed by atoms with Crippen LogP contribution in [0.3, 0.4) is 0 Å². The summed E-state index contributed by atoms with van der Waals surface area (Å²) in [5, 5.41) is 6.29. The van der Waals surface area contributed by atoms with Gasteiger partial charge in [-0.25, -0.2) is 0 Å². The molecule has 1 saturated heterocycles. The lowest BCUT2D eigenvalue weighted by atomic mass is 10.0. The summed E-state index contributed by atoms with van der Waals surface area (Å²) in [6, 6.07) is 18.8. The third-order valence-electron chi connectivity index (χ3n) is 4.40. The first-order valence-electron chi connectivity index (χ1n) is 8.46. The lowest BCUT2D eigenvalue weighted by Crippen LogP contribution is -2.24. The Bertz CT molecular complexity index is 633. The molecule has 1 heterocycles. The van der Waals surface area contributed by atoms with Crippen LogP contribution < -0.4 is 10.6 Å². The number of nitrogens with one attached hydrogen (secondary N) is 2. The molecule has 3 heteroatoms. The summed E-state index contributed by atoms with van der Waals surface area (Å²) in [4.78, 5) is 12.2. The lowest BCUT2D eigenvalue weighted by molar-refractivity contribution is -0.119. The van der Waals surface area contributed by atoms with Crippen LogP contribution in [-0.4, -0.2) is 19.0 Å². The number of aryl methyl sites for hydroxylation is 2. The average Bonchev–Trinajstić information content (AvgIpc) is 3.11. The molecular formula is C20H24N2O. The zero-order chi connectivity index (χ0) is 15.9. The molecule has 0 spiro atoms. The van der Waals surface area contributed by atoms with E-state index in [1.54, 1.807) is 0 Å². The maximum absolute atomic E-state index is 12.2. The molecule has 0 saturated carbocycles. The van der Waals surface area contributed by atoms with Crippen LogP contribution in [0.2, 0.25) is 0 Å². The van der Waals surface area contributed by atoms with Crippen molar-refractivity contribution in [1.82, 2.24) is 5.32 Å². The average molecular weight is 308 g/mol. The van der Waals surface area contributed by atoms with Crippen LogP contribution in [0.5, 0.6) is 0 Å². The van der Waals surface area contributed by atoms with Crippen LogP contribution in [0.1, 0.15) is 24.0 Å². The highest BCUT2D eigenvalue weighted by atomic mass is 16.1. The van der Waals surface area contributed by atoms with Crippen molar-refractivity contribution in [3.8, 4) is 0 Å². The van der Waals surface area contributed by atoms with Crippen LogP contribution >= 0.6 is 0 Å². The van der Waals surface area contributed by atoms with E-state index in [1.807, 2.05) is 12.1 Å². The Labute approximate surface area is 138 Å². The van der Waals surface area contributed by atoms with Gasteiger partial charge in [-0.05, 0) is 55.5 Å². The molecule has 2 N–H and O–H groups in total. The molecule has 1 amide bonds. The molecule has 23 heavy (non-hydrogen) atoms. The molecule has 120 valence electrons. The molecule has 3 rings (SSSR count). The summed E-state index contributed by atoms with van der Waals surface area (Å²) >= 11 is 0. The fourth-order valence-corrected chi connectivity index (χ4v) is 3.07. The van der Waals surface area contributed by atoms with Gasteiger partial charge in [0.05, 0.1) is 5.92 Å². The minimum absolute atomic E-state index is 0.108. The fourth-order valence-electron chi connectivity index (χ4n) is 3.07. The second-order valence-electron chi connectivity index (χ2n) is 6.22. The summed E-state index contributed by atoms with van der Waals surface area (Å²) in [6.45, 7) is 1.74. The van der Waals surface area contributed by atoms with E-state index in [-0.39, 0.29) is 11.8 Å². The first-order chi connectivity index (χ1) is 11.3. The second-order valence-corrected chi connectivity index (χ2v) is 6.22. The predicted octanol–water partition coefficient (Wildman–Crippen LogP) is 3.41. The summed E-state index contributed by atoms with van der Waals surface area (Å²) in [7, 11) is 0. The Morgan fingerprint density at radius 2 is 1.83 bits per heavy atom. The predicted molar refractivity (Wildman–Crippen MR) is 94.5 cm³/mol. The van der Waals surface area contributed by atoms with E-state index < -0.39 is 0 Å². The van der Waals surface area contributed by atoms with Gasteiger partial charge in [0, 0.05) is 12.2 Å². The number of rotatable bonds is 6. The molecule has 2 aromatic rings. The molecule has 0 aliphatic carbocycles. The van der Waals surface area contributed by atoms with Crippen molar-refractivity contribution in [3.63, 3.8) is 0 Å². The quantitative estimate of drug-likeness (QED) is 0.858. The van der Waals surface area contributed by atoms with Gasteiger partial charge in [-0.1, -0.05) is 42.5 Å². The molecule has 0 radical (unpaired) electrons. The molecule has 1 atom stereocenters. The summed E-state index contributed by atoms with van der Waals surface area (Å²) in [5.74, 6) is 0.244. The molecule has 1 fully saturated rings. The van der Waals surface area contributed by atoms with Gasteiger partial charge in [0.25, 0.3) is 0 Å². The largest absolute Gasteiger partial charge is 0.326 e. The van der Waals surface area contributed by atoms with E-state index in [4.69, 9.17) is 0 Å². The Hall–Kier alpha value is -2.13. The Morgan fingerprint density at radius 3 is 2.61 bits per heavy atom. The zero-order valence-electron chi connectivity index (χ0n) is 13.4. The smallest absolute Gasteiger partial charge is 0.228 e. The van der Waals surface area contributed by atoms with Crippen LogP contribution in [0, 0.1) is 5.92 Å². The topological polar surface area (TPSA) is 41.1 Å². The summed E-state index contributed by atoms with van der Waals surface area (Å²) < 4.78 is 0. The van der Waals surface area contributed by atoms with Crippen molar-refractivity contribution in [1.29, 1.82) is 0 Å². The number of hydrogen-bond donors (Lipinski definition) is 2. The van der Waals surface area contributed by atoms with Crippen molar-refractivity contribution in [3.05, 3.63) is 65.7 Å². The maximum Gasteiger partial charge on any atom is 0.228 e. The van der Waals surface area contributed by atoms with Crippen LogP contribution in [-0.2, 0) is 17.6 Å². The normalized spacial score (nSPS) is 17.1. The van der Waals surface area contributed by atoms with Crippen molar-refractivity contribution in [2.45, 2.75) is 25.7 Å². The SMILES string of the molecule is O=C(Nc1cccc(CCCc2ccccc2)c1)C1CCNC1. The Morgan fingerprint density at radius 1 is 1.04 bits per heavy atom. The third-order valence-corrected chi connectivity index (χ3v) is 4.40. The van der Waals surface area contributed by atoms with Crippen LogP contribution in [0.25, 0.3) is 0 Å². The standard InChI is InChI=1S/C20H24N2O/c23-20(18-12-13-21-15-18)22-19-11-5-10-17(14-19)9-4-8-16-6-2-1-3-7-16/h1-3,5-7,10-11,14,18,21H,4,8-9,12-13,15H2,(H,22,23). The van der Waals surface area contributed by atoms with E-state index in [0.717, 1.165) is 44.5 Å². The molecule has 1 aliphatic rings. The highest BCUT2D eigenvalue weighted by molar-refractivity contribution is 5.92. The van der Waals surface area contributed by atoms with Gasteiger partial charge < -0.3 is 10.6 Å². The van der Waals surface area contributed by atoms with E-state index in [1.165, 1.54) is 11.1 Å². The van der Waals surface area contributed by atoms with Crippen molar-refractivity contribution < 1.29 is 4.79 Å². The summed E-state index contributed by atoms with van der Waals surface area (Å²) in [6.07, 6.45) is 4.17. The highest BCUT2D eigenvalue weighted by Gasteiger charge is 2.22. The van der Waals surface area contributed by atoms with Crippen molar-refractivity contribution in [2.24, 2.45) is 5.92 Å². The van der Waals surface area contributed by atoms with E-state index >= 15 is 0 Å². The number of benzene rings is 2. The number of anilines is 1. The van der Waals surface area contributed by atoms with E-state index in [2.05, 4.69) is 53.1 Å². The Balaban J connectivity index is 1.51. The molecule has 0 aromatic heterocycles. The second kappa shape index (κ2) is 7.93. The molecule has 0 bridgehead atoms. The van der Waals surface area contributed by atoms with Gasteiger partial charge in [0.2, 0.25) is 5.91 Å². The first kappa shape index (κ1) is 15.8. The van der Waals surface area contributed by atoms with Crippen molar-refractivity contribution in [2.75, 3.05) is 18.4 Å². The zero-order valence-corrected chi connectivity index (χ0v) is 13.4. The number of hydrogen-bond acceptors (Lipinski definition) is 2. The van der Waals surface area contributed by atoms with Crippen LogP contribution in [0.4, 0.5) is 5.69 Å². The molecule has 3 nitrogen and oxygen atoms in total. The van der Waals surface area contributed by atoms with Gasteiger partial charge in [0.1, 0.15) is 0 Å². The monoisotopic (exact) mass is 308 g/mol. The highest BCUT2D eigenvalue weighted by Crippen LogP contribution is 2.16. The maximum atomic E-state index is 12.2. The van der Waals surface area contributed by atoms with Gasteiger partial charge in [-0.3, -0.25) is 4.79 Å². The lowest BCUT2D eigenvalue weighted by Gasteiger charge is -2.11. The van der Waals surface area contributed by atoms with Crippen LogP contribution in [0.15, 0.2) is 54.6 Å². The number of amides is 1. The minimum Gasteiger partial charge on any atom is -0.326 e. The summed E-state index contributed by atoms with van der Waals surface area (Å²) in [5.41, 5.74) is 3.58. The van der Waals surface area contributed by atoms with E-state index in [9.17, 15) is 4.79 Å². The third kappa shape index (κ3) is 4.67.